The number of aromatic amines is 1. The summed E-state index contributed by atoms with van der Waals surface area (Å²) in [5.41, 5.74) is 7.85. The third kappa shape index (κ3) is 1.70. The van der Waals surface area contributed by atoms with Gasteiger partial charge in [0.15, 0.2) is 0 Å². The summed E-state index contributed by atoms with van der Waals surface area (Å²) in [6.45, 7) is 8.55. The third-order valence-electron chi connectivity index (χ3n) is 3.03. The minimum atomic E-state index is 1.26. The highest BCUT2D eigenvalue weighted by Crippen LogP contribution is 2.29. The van der Waals surface area contributed by atoms with Crippen molar-refractivity contribution in [3.05, 3.63) is 46.8 Å². The average molecular weight is 199 g/mol. The molecule has 0 radical (unpaired) electrons. The monoisotopic (exact) mass is 199 g/mol. The van der Waals surface area contributed by atoms with Crippen LogP contribution in [0.3, 0.4) is 0 Å². The number of aryl methyl sites for hydroxylation is 3. The Kier molecular flexibility index (Phi) is 2.39. The van der Waals surface area contributed by atoms with Crippen molar-refractivity contribution in [3.8, 4) is 11.1 Å². The number of rotatable bonds is 1. The predicted octanol–water partition coefficient (Wildman–Crippen LogP) is 3.92. The van der Waals surface area contributed by atoms with Gasteiger partial charge in [-0.05, 0) is 38.8 Å². The van der Waals surface area contributed by atoms with Crippen molar-refractivity contribution >= 4 is 0 Å². The first-order valence-electron chi connectivity index (χ1n) is 5.32. The maximum atomic E-state index is 3.39. The highest BCUT2D eigenvalue weighted by molar-refractivity contribution is 5.71. The molecule has 2 rings (SSSR count). The quantitative estimate of drug-likeness (QED) is 0.716. The van der Waals surface area contributed by atoms with E-state index in [1.807, 2.05) is 0 Å². The molecule has 0 aliphatic heterocycles. The molecule has 0 amide bonds. The minimum Gasteiger partial charge on any atom is -0.362 e. The summed E-state index contributed by atoms with van der Waals surface area (Å²) < 4.78 is 0. The Balaban J connectivity index is 2.58. The molecule has 1 aromatic carbocycles. The largest absolute Gasteiger partial charge is 0.362 e. The van der Waals surface area contributed by atoms with Gasteiger partial charge in [-0.25, -0.2) is 0 Å². The average Bonchev–Trinajstić information content (AvgIpc) is 2.44. The molecule has 2 aromatic rings. The molecule has 1 heterocycles. The van der Waals surface area contributed by atoms with E-state index in [9.17, 15) is 0 Å². The van der Waals surface area contributed by atoms with E-state index in [-0.39, 0.29) is 0 Å². The standard InChI is InChI=1S/C14H17N/c1-9-5-7-13(8-6-9)14-10(2)11(3)15-12(14)4/h5-8,15H,1-4H3. The fourth-order valence-corrected chi connectivity index (χ4v) is 2.06. The zero-order valence-corrected chi connectivity index (χ0v) is 9.81. The lowest BCUT2D eigenvalue weighted by Crippen LogP contribution is -1.82. The number of H-pyrrole nitrogens is 1. The Morgan fingerprint density at radius 1 is 0.800 bits per heavy atom. The number of benzene rings is 1. The van der Waals surface area contributed by atoms with E-state index in [2.05, 4.69) is 56.9 Å². The maximum absolute atomic E-state index is 3.39. The summed E-state index contributed by atoms with van der Waals surface area (Å²) in [6.07, 6.45) is 0. The normalized spacial score (nSPS) is 10.7. The molecule has 1 aromatic heterocycles. The van der Waals surface area contributed by atoms with E-state index in [0.29, 0.717) is 0 Å². The second-order valence-electron chi connectivity index (χ2n) is 4.24. The molecule has 0 fully saturated rings. The van der Waals surface area contributed by atoms with Gasteiger partial charge in [0, 0.05) is 17.0 Å². The molecule has 1 N–H and O–H groups in total. The lowest BCUT2D eigenvalue weighted by molar-refractivity contribution is 1.18. The summed E-state index contributed by atoms with van der Waals surface area (Å²) in [5.74, 6) is 0. The van der Waals surface area contributed by atoms with Crippen LogP contribution in [0, 0.1) is 27.7 Å². The zero-order valence-electron chi connectivity index (χ0n) is 9.81. The topological polar surface area (TPSA) is 15.8 Å². The Morgan fingerprint density at radius 2 is 1.40 bits per heavy atom. The molecule has 0 aliphatic rings. The molecule has 78 valence electrons. The lowest BCUT2D eigenvalue weighted by atomic mass is 10.0. The van der Waals surface area contributed by atoms with Crippen LogP contribution in [0.4, 0.5) is 0 Å². The minimum absolute atomic E-state index is 1.26. The van der Waals surface area contributed by atoms with Crippen LogP contribution in [0.1, 0.15) is 22.5 Å². The van der Waals surface area contributed by atoms with Gasteiger partial charge in [0.05, 0.1) is 0 Å². The van der Waals surface area contributed by atoms with E-state index in [0.717, 1.165) is 0 Å². The van der Waals surface area contributed by atoms with Gasteiger partial charge in [-0.2, -0.15) is 0 Å². The van der Waals surface area contributed by atoms with Crippen molar-refractivity contribution in [2.24, 2.45) is 0 Å². The fraction of sp³-hybridized carbons (Fsp3) is 0.286. The first kappa shape index (κ1) is 10.0. The van der Waals surface area contributed by atoms with Crippen LogP contribution in [0.25, 0.3) is 11.1 Å². The van der Waals surface area contributed by atoms with Gasteiger partial charge in [-0.15, -0.1) is 0 Å². The van der Waals surface area contributed by atoms with Gasteiger partial charge in [0.25, 0.3) is 0 Å². The fourth-order valence-electron chi connectivity index (χ4n) is 2.06. The molecule has 0 unspecified atom stereocenters. The van der Waals surface area contributed by atoms with Crippen LogP contribution in [0.5, 0.6) is 0 Å². The van der Waals surface area contributed by atoms with E-state index in [1.165, 1.54) is 33.6 Å². The number of nitrogens with one attached hydrogen (secondary N) is 1. The number of hydrogen-bond acceptors (Lipinski definition) is 0. The molecule has 1 heteroatoms. The van der Waals surface area contributed by atoms with Gasteiger partial charge < -0.3 is 4.98 Å². The molecule has 1 nitrogen and oxygen atoms in total. The summed E-state index contributed by atoms with van der Waals surface area (Å²) in [6, 6.07) is 8.71. The molecule has 0 bridgehead atoms. The van der Waals surface area contributed by atoms with E-state index in [4.69, 9.17) is 0 Å². The van der Waals surface area contributed by atoms with Crippen molar-refractivity contribution in [3.63, 3.8) is 0 Å². The second-order valence-corrected chi connectivity index (χ2v) is 4.24. The van der Waals surface area contributed by atoms with Crippen LogP contribution in [-0.4, -0.2) is 4.98 Å². The Bertz CT molecular complexity index is 475. The van der Waals surface area contributed by atoms with Crippen molar-refractivity contribution in [2.45, 2.75) is 27.7 Å². The van der Waals surface area contributed by atoms with Crippen LogP contribution in [0.2, 0.25) is 0 Å². The van der Waals surface area contributed by atoms with Crippen LogP contribution in [0.15, 0.2) is 24.3 Å². The van der Waals surface area contributed by atoms with Gasteiger partial charge in [-0.3, -0.25) is 0 Å². The summed E-state index contributed by atoms with van der Waals surface area (Å²) >= 11 is 0. The molecule has 0 saturated carbocycles. The van der Waals surface area contributed by atoms with Gasteiger partial charge in [0.1, 0.15) is 0 Å². The highest BCUT2D eigenvalue weighted by Gasteiger charge is 2.09. The van der Waals surface area contributed by atoms with E-state index >= 15 is 0 Å². The SMILES string of the molecule is Cc1ccc(-c2c(C)[nH]c(C)c2C)cc1. The Labute approximate surface area is 91.2 Å². The van der Waals surface area contributed by atoms with Gasteiger partial charge in [0.2, 0.25) is 0 Å². The van der Waals surface area contributed by atoms with Crippen molar-refractivity contribution in [1.82, 2.24) is 4.98 Å². The molecular formula is C14H17N. The number of aromatic nitrogens is 1. The third-order valence-corrected chi connectivity index (χ3v) is 3.03. The summed E-state index contributed by atoms with van der Waals surface area (Å²) in [4.78, 5) is 3.39. The molecule has 0 aliphatic carbocycles. The second kappa shape index (κ2) is 3.58. The van der Waals surface area contributed by atoms with Crippen molar-refractivity contribution in [2.75, 3.05) is 0 Å². The first-order valence-corrected chi connectivity index (χ1v) is 5.32. The summed E-state index contributed by atoms with van der Waals surface area (Å²) in [5, 5.41) is 0. The van der Waals surface area contributed by atoms with Crippen LogP contribution < -0.4 is 0 Å². The van der Waals surface area contributed by atoms with Crippen LogP contribution >= 0.6 is 0 Å². The van der Waals surface area contributed by atoms with Gasteiger partial charge >= 0.3 is 0 Å². The zero-order chi connectivity index (χ0) is 11.0. The van der Waals surface area contributed by atoms with Crippen LogP contribution in [-0.2, 0) is 0 Å². The maximum Gasteiger partial charge on any atom is 0.0200 e. The Morgan fingerprint density at radius 3 is 1.87 bits per heavy atom. The molecule has 15 heavy (non-hydrogen) atoms. The summed E-state index contributed by atoms with van der Waals surface area (Å²) in [7, 11) is 0. The van der Waals surface area contributed by atoms with Crippen molar-refractivity contribution in [1.29, 1.82) is 0 Å². The predicted molar refractivity (Wildman–Crippen MR) is 65.2 cm³/mol. The smallest absolute Gasteiger partial charge is 0.0200 e. The highest BCUT2D eigenvalue weighted by atomic mass is 14.7. The molecular weight excluding hydrogens is 182 g/mol. The molecule has 0 saturated heterocycles. The number of hydrogen-bond donors (Lipinski definition) is 1. The lowest BCUT2D eigenvalue weighted by Gasteiger charge is -2.03. The molecule has 0 spiro atoms. The van der Waals surface area contributed by atoms with E-state index in [1.54, 1.807) is 0 Å². The van der Waals surface area contributed by atoms with E-state index < -0.39 is 0 Å². The molecule has 0 atom stereocenters. The van der Waals surface area contributed by atoms with Gasteiger partial charge in [-0.1, -0.05) is 29.8 Å². The Hall–Kier alpha value is -1.50. The first-order chi connectivity index (χ1) is 7.09. The van der Waals surface area contributed by atoms with Crippen molar-refractivity contribution < 1.29 is 0 Å².